The molecule has 0 saturated heterocycles. The van der Waals surface area contributed by atoms with Crippen LogP contribution in [0.25, 0.3) is 0 Å². The molecule has 0 saturated carbocycles. The van der Waals surface area contributed by atoms with Crippen molar-refractivity contribution in [2.45, 2.75) is 6.18 Å². The molecule has 6 heteroatoms. The normalized spacial score (nSPS) is 10.9. The highest BCUT2D eigenvalue weighted by Gasteiger charge is 2.30. The van der Waals surface area contributed by atoms with E-state index in [-0.39, 0.29) is 5.82 Å². The van der Waals surface area contributed by atoms with Crippen molar-refractivity contribution in [1.29, 1.82) is 0 Å². The van der Waals surface area contributed by atoms with Crippen LogP contribution in [0.15, 0.2) is 18.3 Å². The van der Waals surface area contributed by atoms with Crippen LogP contribution in [0.1, 0.15) is 5.56 Å². The number of rotatable bonds is 5. The minimum absolute atomic E-state index is 0.223. The molecule has 0 amide bonds. The Hall–Kier alpha value is -1.35. The van der Waals surface area contributed by atoms with E-state index < -0.39 is 11.7 Å². The number of hydrogen-bond acceptors (Lipinski definition) is 3. The van der Waals surface area contributed by atoms with Gasteiger partial charge in [-0.1, -0.05) is 5.92 Å². The number of thioether (sulfide) groups is 1. The van der Waals surface area contributed by atoms with Gasteiger partial charge in [0.1, 0.15) is 5.82 Å². The van der Waals surface area contributed by atoms with Gasteiger partial charge < -0.3 is 5.32 Å². The maximum Gasteiger partial charge on any atom is 0.416 e. The summed E-state index contributed by atoms with van der Waals surface area (Å²) in [6.45, 7) is 0.528. The lowest BCUT2D eigenvalue weighted by Crippen LogP contribution is -2.09. The van der Waals surface area contributed by atoms with Crippen molar-refractivity contribution >= 4 is 17.6 Å². The topological polar surface area (TPSA) is 24.9 Å². The zero-order valence-electron chi connectivity index (χ0n) is 8.92. The second-order valence-electron chi connectivity index (χ2n) is 3.11. The molecule has 1 aromatic rings. The molecule has 0 aliphatic carbocycles. The maximum absolute atomic E-state index is 12.4. The van der Waals surface area contributed by atoms with Crippen molar-refractivity contribution in [2.24, 2.45) is 0 Å². The van der Waals surface area contributed by atoms with Crippen molar-refractivity contribution < 1.29 is 13.2 Å². The van der Waals surface area contributed by atoms with Gasteiger partial charge in [0.25, 0.3) is 0 Å². The fraction of sp³-hybridized carbons (Fsp3) is 0.364. The van der Waals surface area contributed by atoms with Gasteiger partial charge in [-0.3, -0.25) is 0 Å². The average molecular weight is 260 g/mol. The minimum Gasteiger partial charge on any atom is -0.369 e. The van der Waals surface area contributed by atoms with Crippen LogP contribution < -0.4 is 5.32 Å². The van der Waals surface area contributed by atoms with Crippen LogP contribution >= 0.6 is 11.8 Å². The fourth-order valence-electron chi connectivity index (χ4n) is 1.09. The number of anilines is 1. The van der Waals surface area contributed by atoms with Gasteiger partial charge in [0, 0.05) is 18.5 Å². The van der Waals surface area contributed by atoms with Gasteiger partial charge >= 0.3 is 6.18 Å². The van der Waals surface area contributed by atoms with E-state index in [9.17, 15) is 13.2 Å². The lowest BCUT2D eigenvalue weighted by atomic mass is 10.2. The summed E-state index contributed by atoms with van der Waals surface area (Å²) in [7, 11) is 0. The minimum atomic E-state index is -4.34. The van der Waals surface area contributed by atoms with E-state index in [1.165, 1.54) is 11.8 Å². The van der Waals surface area contributed by atoms with Gasteiger partial charge in [-0.05, 0) is 12.1 Å². The first-order chi connectivity index (χ1) is 8.04. The molecule has 0 aliphatic heterocycles. The van der Waals surface area contributed by atoms with E-state index in [0.717, 1.165) is 24.1 Å². The van der Waals surface area contributed by atoms with Crippen LogP contribution in [0, 0.1) is 12.3 Å². The van der Waals surface area contributed by atoms with Gasteiger partial charge in [0.05, 0.1) is 11.3 Å². The molecular weight excluding hydrogens is 249 g/mol. The lowest BCUT2D eigenvalue weighted by molar-refractivity contribution is -0.137. The molecule has 0 radical (unpaired) electrons. The number of terminal acetylenes is 1. The first kappa shape index (κ1) is 13.7. The van der Waals surface area contributed by atoms with E-state index >= 15 is 0 Å². The first-order valence-corrected chi connectivity index (χ1v) is 5.98. The molecule has 92 valence electrons. The number of alkyl halides is 3. The summed E-state index contributed by atoms with van der Waals surface area (Å²) in [6.07, 6.45) is 1.86. The Kier molecular flexibility index (Phi) is 5.16. The van der Waals surface area contributed by atoms with Crippen molar-refractivity contribution in [3.63, 3.8) is 0 Å². The van der Waals surface area contributed by atoms with E-state index in [2.05, 4.69) is 16.2 Å². The van der Waals surface area contributed by atoms with Gasteiger partial charge in [-0.15, -0.1) is 18.2 Å². The highest BCUT2D eigenvalue weighted by atomic mass is 32.2. The molecule has 0 aliphatic rings. The fourth-order valence-corrected chi connectivity index (χ4v) is 1.59. The molecule has 1 heterocycles. The molecule has 1 rings (SSSR count). The van der Waals surface area contributed by atoms with Crippen LogP contribution in [0.3, 0.4) is 0 Å². The Bertz CT molecular complexity index is 398. The summed E-state index contributed by atoms with van der Waals surface area (Å²) >= 11 is 1.53. The Morgan fingerprint density at radius 2 is 2.24 bits per heavy atom. The largest absolute Gasteiger partial charge is 0.416 e. The molecule has 0 atom stereocenters. The van der Waals surface area contributed by atoms with Crippen molar-refractivity contribution in [2.75, 3.05) is 23.4 Å². The molecule has 2 nitrogen and oxygen atoms in total. The Morgan fingerprint density at radius 1 is 1.47 bits per heavy atom. The summed E-state index contributed by atoms with van der Waals surface area (Å²) in [6, 6.07) is 1.93. The second-order valence-corrected chi connectivity index (χ2v) is 4.22. The number of aromatic nitrogens is 1. The number of hydrogen-bond donors (Lipinski definition) is 1. The summed E-state index contributed by atoms with van der Waals surface area (Å²) in [5, 5.41) is 2.82. The van der Waals surface area contributed by atoms with E-state index in [0.29, 0.717) is 12.3 Å². The van der Waals surface area contributed by atoms with Crippen LogP contribution in [-0.4, -0.2) is 23.0 Å². The predicted octanol–water partition coefficient (Wildman–Crippen LogP) is 2.88. The molecule has 17 heavy (non-hydrogen) atoms. The van der Waals surface area contributed by atoms with Gasteiger partial charge in [-0.2, -0.15) is 13.2 Å². The Morgan fingerprint density at radius 3 is 2.88 bits per heavy atom. The number of nitrogens with zero attached hydrogens (tertiary/aromatic N) is 1. The monoisotopic (exact) mass is 260 g/mol. The van der Waals surface area contributed by atoms with Crippen molar-refractivity contribution in [3.05, 3.63) is 23.9 Å². The molecule has 0 fully saturated rings. The lowest BCUT2D eigenvalue weighted by Gasteiger charge is -2.09. The van der Waals surface area contributed by atoms with Crippen LogP contribution in [0.5, 0.6) is 0 Å². The number of nitrogens with one attached hydrogen (secondary N) is 1. The summed E-state index contributed by atoms with van der Waals surface area (Å²) in [5.74, 6) is 4.01. The molecule has 0 bridgehead atoms. The number of pyridine rings is 1. The van der Waals surface area contributed by atoms with Gasteiger partial charge in [-0.25, -0.2) is 4.98 Å². The molecule has 0 unspecified atom stereocenters. The van der Waals surface area contributed by atoms with E-state index in [4.69, 9.17) is 6.42 Å². The molecule has 1 aromatic heterocycles. The molecule has 0 aromatic carbocycles. The van der Waals surface area contributed by atoms with Crippen molar-refractivity contribution in [1.82, 2.24) is 4.98 Å². The average Bonchev–Trinajstić information content (AvgIpc) is 2.28. The first-order valence-electron chi connectivity index (χ1n) is 4.82. The zero-order valence-corrected chi connectivity index (χ0v) is 9.74. The second kappa shape index (κ2) is 6.40. The molecule has 1 N–H and O–H groups in total. The third-order valence-corrected chi connectivity index (χ3v) is 2.69. The summed E-state index contributed by atoms with van der Waals surface area (Å²) in [4.78, 5) is 3.81. The van der Waals surface area contributed by atoms with E-state index in [1.54, 1.807) is 0 Å². The van der Waals surface area contributed by atoms with E-state index in [1.807, 2.05) is 0 Å². The maximum atomic E-state index is 12.4. The standard InChI is InChI=1S/C11H11F3N2S/c1-2-6-17-7-5-16-10-8-9(3-4-15-10)11(12,13)14/h1,3-4,8H,5-7H2,(H,15,16). The quantitative estimate of drug-likeness (QED) is 0.651. The predicted molar refractivity (Wildman–Crippen MR) is 63.9 cm³/mol. The van der Waals surface area contributed by atoms with Crippen LogP contribution in [0.4, 0.5) is 19.0 Å². The van der Waals surface area contributed by atoms with Gasteiger partial charge in [0.15, 0.2) is 0 Å². The Balaban J connectivity index is 2.47. The third kappa shape index (κ3) is 5.00. The summed E-state index contributed by atoms with van der Waals surface area (Å²) < 4.78 is 37.1. The highest BCUT2D eigenvalue weighted by molar-refractivity contribution is 7.99. The van der Waals surface area contributed by atoms with Crippen molar-refractivity contribution in [3.8, 4) is 12.3 Å². The highest BCUT2D eigenvalue weighted by Crippen LogP contribution is 2.29. The van der Waals surface area contributed by atoms with Gasteiger partial charge in [0.2, 0.25) is 0 Å². The number of halogens is 3. The van der Waals surface area contributed by atoms with Crippen LogP contribution in [0.2, 0.25) is 0 Å². The third-order valence-electron chi connectivity index (χ3n) is 1.83. The van der Waals surface area contributed by atoms with Crippen LogP contribution in [-0.2, 0) is 6.18 Å². The molecule has 0 spiro atoms. The summed E-state index contributed by atoms with van der Waals surface area (Å²) in [5.41, 5.74) is -0.703. The smallest absolute Gasteiger partial charge is 0.369 e. The molecular formula is C11H11F3N2S. The SMILES string of the molecule is C#CCSCCNc1cc(C(F)(F)F)ccn1. The Labute approximate surface area is 102 Å². The zero-order chi connectivity index (χ0) is 12.7.